The third kappa shape index (κ3) is 5.03. The van der Waals surface area contributed by atoms with E-state index in [0.717, 1.165) is 68.0 Å². The fourth-order valence-corrected chi connectivity index (χ4v) is 7.58. The van der Waals surface area contributed by atoms with Gasteiger partial charge in [0.25, 0.3) is 0 Å². The van der Waals surface area contributed by atoms with Crippen LogP contribution in [-0.2, 0) is 4.79 Å². The van der Waals surface area contributed by atoms with Gasteiger partial charge in [-0.15, -0.1) is 21.5 Å². The lowest BCUT2D eigenvalue weighted by Gasteiger charge is -2.40. The number of nitrogens with one attached hydrogen (secondary N) is 1. The van der Waals surface area contributed by atoms with Crippen molar-refractivity contribution in [3.63, 3.8) is 0 Å². The largest absolute Gasteiger partial charge is 0.348 e. The molecule has 3 aliphatic rings. The summed E-state index contributed by atoms with van der Waals surface area (Å²) in [6, 6.07) is 7.79. The van der Waals surface area contributed by atoms with Crippen molar-refractivity contribution in [3.05, 3.63) is 33.5 Å². The Bertz CT molecular complexity index is 1060. The highest BCUT2D eigenvalue weighted by atomic mass is 32.1. The molecule has 8 heteroatoms. The first kappa shape index (κ1) is 24.5. The summed E-state index contributed by atoms with van der Waals surface area (Å²) in [5, 5.41) is 21.6. The van der Waals surface area contributed by atoms with E-state index < -0.39 is 0 Å². The summed E-state index contributed by atoms with van der Waals surface area (Å²) in [5.74, 6) is 2.88. The second-order valence-corrected chi connectivity index (χ2v) is 12.1. The van der Waals surface area contributed by atoms with E-state index in [1.807, 2.05) is 12.1 Å². The SMILES string of the molecule is Cc1nnc(C(C)C)n1[C@@H]1C[C@H]2CC[C@@H](C1)N2CC[C@H](NC(=O)C1CCCC1)c1ccc(C#N)s1. The Morgan fingerprint density at radius 1 is 1.14 bits per heavy atom. The first-order valence-electron chi connectivity index (χ1n) is 13.4. The van der Waals surface area contributed by atoms with Crippen molar-refractivity contribution in [3.8, 4) is 6.07 Å². The maximum Gasteiger partial charge on any atom is 0.223 e. The van der Waals surface area contributed by atoms with Gasteiger partial charge >= 0.3 is 0 Å². The molecule has 188 valence electrons. The molecule has 0 unspecified atom stereocenters. The number of aryl methyl sites for hydroxylation is 1. The summed E-state index contributed by atoms with van der Waals surface area (Å²) in [6.07, 6.45) is 10.00. The monoisotopic (exact) mass is 494 g/mol. The van der Waals surface area contributed by atoms with Crippen LogP contribution in [0.15, 0.2) is 12.1 Å². The van der Waals surface area contributed by atoms with Gasteiger partial charge in [-0.2, -0.15) is 5.26 Å². The lowest BCUT2D eigenvalue weighted by molar-refractivity contribution is -0.125. The molecule has 35 heavy (non-hydrogen) atoms. The Labute approximate surface area is 212 Å². The van der Waals surface area contributed by atoms with Crippen molar-refractivity contribution in [1.29, 1.82) is 5.26 Å². The predicted octanol–water partition coefficient (Wildman–Crippen LogP) is 5.25. The van der Waals surface area contributed by atoms with Crippen molar-refractivity contribution in [1.82, 2.24) is 25.0 Å². The first-order valence-corrected chi connectivity index (χ1v) is 14.2. The number of hydrogen-bond donors (Lipinski definition) is 1. The minimum absolute atomic E-state index is 0.0139. The third-order valence-corrected chi connectivity index (χ3v) is 9.54. The minimum Gasteiger partial charge on any atom is -0.348 e. The molecule has 1 saturated carbocycles. The molecule has 2 aromatic rings. The number of nitrogens with zero attached hydrogens (tertiary/aromatic N) is 5. The summed E-state index contributed by atoms with van der Waals surface area (Å²) in [7, 11) is 0. The van der Waals surface area contributed by atoms with E-state index in [1.54, 1.807) is 0 Å². The molecule has 2 bridgehead atoms. The summed E-state index contributed by atoms with van der Waals surface area (Å²) in [6.45, 7) is 7.47. The van der Waals surface area contributed by atoms with Gasteiger partial charge in [0.05, 0.1) is 6.04 Å². The standard InChI is InChI=1S/C27H38N6OS/c1-17(2)26-31-30-18(3)33(26)22-14-20-8-9-21(15-22)32(20)13-12-24(25-11-10-23(16-28)35-25)29-27(34)19-6-4-5-7-19/h10-11,17,19-22,24H,4-9,12-15H2,1-3H3,(H,29,34)/t20-,21+,22-,24-/m0/s1. The lowest BCUT2D eigenvalue weighted by Crippen LogP contribution is -2.45. The molecule has 0 spiro atoms. The van der Waals surface area contributed by atoms with Crippen molar-refractivity contribution in [2.45, 2.75) is 109 Å². The number of piperidine rings is 1. The normalized spacial score (nSPS) is 25.7. The predicted molar refractivity (Wildman–Crippen MR) is 137 cm³/mol. The van der Waals surface area contributed by atoms with Crippen LogP contribution in [0.3, 0.4) is 0 Å². The van der Waals surface area contributed by atoms with E-state index in [2.05, 4.69) is 51.8 Å². The maximum absolute atomic E-state index is 13.0. The van der Waals surface area contributed by atoms with E-state index in [0.29, 0.717) is 28.9 Å². The van der Waals surface area contributed by atoms with E-state index in [9.17, 15) is 10.1 Å². The van der Waals surface area contributed by atoms with Gasteiger partial charge in [-0.1, -0.05) is 26.7 Å². The Morgan fingerprint density at radius 3 is 2.49 bits per heavy atom. The van der Waals surface area contributed by atoms with Crippen LogP contribution in [0.5, 0.6) is 0 Å². The van der Waals surface area contributed by atoms with E-state index in [4.69, 9.17) is 0 Å². The smallest absolute Gasteiger partial charge is 0.223 e. The molecular weight excluding hydrogens is 456 g/mol. The molecule has 0 aromatic carbocycles. The van der Waals surface area contributed by atoms with Crippen LogP contribution in [-0.4, -0.2) is 44.2 Å². The number of aromatic nitrogens is 3. The molecule has 1 N–H and O–H groups in total. The van der Waals surface area contributed by atoms with Gasteiger partial charge in [-0.25, -0.2) is 0 Å². The molecule has 4 heterocycles. The van der Waals surface area contributed by atoms with Gasteiger partial charge in [-0.3, -0.25) is 9.69 Å². The summed E-state index contributed by atoms with van der Waals surface area (Å²) in [4.78, 5) is 17.5. The molecule has 1 amide bonds. The Balaban J connectivity index is 1.27. The quantitative estimate of drug-likeness (QED) is 0.542. The molecule has 4 atom stereocenters. The number of carbonyl (C=O) groups excluding carboxylic acids is 1. The van der Waals surface area contributed by atoms with Gasteiger partial charge in [0, 0.05) is 41.4 Å². The van der Waals surface area contributed by atoms with E-state index in [1.165, 1.54) is 24.2 Å². The van der Waals surface area contributed by atoms with Crippen LogP contribution in [0.25, 0.3) is 0 Å². The van der Waals surface area contributed by atoms with Crippen molar-refractivity contribution < 1.29 is 4.79 Å². The molecule has 1 aliphatic carbocycles. The van der Waals surface area contributed by atoms with Crippen LogP contribution in [0.2, 0.25) is 0 Å². The van der Waals surface area contributed by atoms with Crippen molar-refractivity contribution in [2.75, 3.05) is 6.54 Å². The van der Waals surface area contributed by atoms with Gasteiger partial charge in [-0.05, 0) is 64.0 Å². The highest BCUT2D eigenvalue weighted by Gasteiger charge is 2.42. The van der Waals surface area contributed by atoms with Gasteiger partial charge in [0.15, 0.2) is 0 Å². The number of carbonyl (C=O) groups is 1. The van der Waals surface area contributed by atoms with Crippen LogP contribution in [0.1, 0.15) is 111 Å². The Morgan fingerprint density at radius 2 is 1.86 bits per heavy atom. The molecule has 5 rings (SSSR count). The van der Waals surface area contributed by atoms with E-state index in [-0.39, 0.29) is 17.9 Å². The zero-order valence-corrected chi connectivity index (χ0v) is 22.1. The van der Waals surface area contributed by atoms with Crippen molar-refractivity contribution in [2.24, 2.45) is 5.92 Å². The van der Waals surface area contributed by atoms with Crippen LogP contribution < -0.4 is 5.32 Å². The molecule has 0 radical (unpaired) electrons. The molecule has 3 fully saturated rings. The van der Waals surface area contributed by atoms with Gasteiger partial charge < -0.3 is 9.88 Å². The molecule has 2 aliphatic heterocycles. The average Bonchev–Trinajstić information content (AvgIpc) is 3.63. The second kappa shape index (κ2) is 10.4. The van der Waals surface area contributed by atoms with Crippen LogP contribution in [0, 0.1) is 24.2 Å². The van der Waals surface area contributed by atoms with E-state index >= 15 is 0 Å². The summed E-state index contributed by atoms with van der Waals surface area (Å²) < 4.78 is 2.41. The number of nitriles is 1. The fourth-order valence-electron chi connectivity index (χ4n) is 6.69. The Hall–Kier alpha value is -2.24. The minimum atomic E-state index is -0.0139. The number of amides is 1. The number of thiophene rings is 1. The van der Waals surface area contributed by atoms with Gasteiger partial charge in [0.1, 0.15) is 22.6 Å². The fraction of sp³-hybridized carbons (Fsp3) is 0.704. The molecule has 7 nitrogen and oxygen atoms in total. The number of hydrogen-bond acceptors (Lipinski definition) is 6. The second-order valence-electron chi connectivity index (χ2n) is 11.0. The van der Waals surface area contributed by atoms with Crippen LogP contribution in [0.4, 0.5) is 0 Å². The number of fused-ring (bicyclic) bond motifs is 2. The van der Waals surface area contributed by atoms with Gasteiger partial charge in [0.2, 0.25) is 5.91 Å². The maximum atomic E-state index is 13.0. The molecule has 2 aromatic heterocycles. The molecule has 2 saturated heterocycles. The average molecular weight is 495 g/mol. The summed E-state index contributed by atoms with van der Waals surface area (Å²) >= 11 is 1.52. The zero-order chi connectivity index (χ0) is 24.5. The highest BCUT2D eigenvalue weighted by Crippen LogP contribution is 2.42. The topological polar surface area (TPSA) is 86.8 Å². The van der Waals surface area contributed by atoms with Crippen LogP contribution >= 0.6 is 11.3 Å². The third-order valence-electron chi connectivity index (χ3n) is 8.43. The number of rotatable bonds is 8. The Kier molecular flexibility index (Phi) is 7.26. The summed E-state index contributed by atoms with van der Waals surface area (Å²) in [5.41, 5.74) is 0. The lowest BCUT2D eigenvalue weighted by atomic mass is 9.95. The first-order chi connectivity index (χ1) is 16.9. The molecular formula is C27H38N6OS. The van der Waals surface area contributed by atoms with Crippen molar-refractivity contribution >= 4 is 17.2 Å². The zero-order valence-electron chi connectivity index (χ0n) is 21.2. The highest BCUT2D eigenvalue weighted by molar-refractivity contribution is 7.12.